The predicted molar refractivity (Wildman–Crippen MR) is 71.4 cm³/mol. The smallest absolute Gasteiger partial charge is 0.333 e. The molecule has 0 spiro atoms. The van der Waals surface area contributed by atoms with Gasteiger partial charge in [-0.2, -0.15) is 13.2 Å². The molecule has 114 valence electrons. The second-order valence-electron chi connectivity index (χ2n) is 5.88. The maximum atomic E-state index is 12.5. The van der Waals surface area contributed by atoms with E-state index in [9.17, 15) is 18.0 Å². The Morgan fingerprint density at radius 2 is 1.86 bits per heavy atom. The van der Waals surface area contributed by atoms with Gasteiger partial charge in [-0.1, -0.05) is 30.3 Å². The lowest BCUT2D eigenvalue weighted by molar-refractivity contribution is -0.187. The highest BCUT2D eigenvalue weighted by molar-refractivity contribution is 5.82. The van der Waals surface area contributed by atoms with E-state index in [1.165, 1.54) is 0 Å². The number of amides is 1. The minimum atomic E-state index is -4.76. The normalized spacial score (nSPS) is 26.1. The zero-order valence-electron chi connectivity index (χ0n) is 11.5. The van der Waals surface area contributed by atoms with Crippen LogP contribution < -0.4 is 0 Å². The van der Waals surface area contributed by atoms with Gasteiger partial charge in [0.1, 0.15) is 0 Å². The number of rotatable bonds is 2. The molecule has 2 saturated heterocycles. The van der Waals surface area contributed by atoms with Crippen molar-refractivity contribution in [1.82, 2.24) is 9.80 Å². The van der Waals surface area contributed by atoms with Gasteiger partial charge in [0, 0.05) is 32.2 Å². The highest BCUT2D eigenvalue weighted by atomic mass is 19.4. The Kier molecular flexibility index (Phi) is 3.65. The number of piperidine rings is 1. The lowest BCUT2D eigenvalue weighted by Gasteiger charge is -2.33. The first-order valence-corrected chi connectivity index (χ1v) is 7.07. The quantitative estimate of drug-likeness (QED) is 0.836. The summed E-state index contributed by atoms with van der Waals surface area (Å²) in [4.78, 5) is 14.6. The van der Waals surface area contributed by atoms with Crippen molar-refractivity contribution in [3.05, 3.63) is 35.9 Å². The second-order valence-corrected chi connectivity index (χ2v) is 5.88. The molecule has 0 saturated carbocycles. The summed E-state index contributed by atoms with van der Waals surface area (Å²) in [6.45, 7) is 1.90. The van der Waals surface area contributed by atoms with E-state index in [0.717, 1.165) is 30.0 Å². The number of carbonyl (C=O) groups excluding carboxylic acids is 1. The number of halogens is 3. The summed E-state index contributed by atoms with van der Waals surface area (Å²) in [7, 11) is 0. The summed E-state index contributed by atoms with van der Waals surface area (Å²) in [5, 5.41) is 0. The summed E-state index contributed by atoms with van der Waals surface area (Å²) in [6, 6.07) is 9.92. The van der Waals surface area contributed by atoms with Crippen molar-refractivity contribution < 1.29 is 18.0 Å². The molecule has 2 bridgehead atoms. The van der Waals surface area contributed by atoms with E-state index in [2.05, 4.69) is 4.90 Å². The van der Waals surface area contributed by atoms with Crippen LogP contribution in [0.3, 0.4) is 0 Å². The third-order valence-electron chi connectivity index (χ3n) is 4.28. The van der Waals surface area contributed by atoms with Crippen LogP contribution in [0.25, 0.3) is 0 Å². The molecule has 2 atom stereocenters. The minimum Gasteiger partial charge on any atom is -0.333 e. The molecule has 0 unspecified atom stereocenters. The van der Waals surface area contributed by atoms with Gasteiger partial charge in [0.2, 0.25) is 0 Å². The lowest BCUT2D eigenvalue weighted by atomic mass is 10.00. The molecule has 3 rings (SSSR count). The van der Waals surface area contributed by atoms with Crippen LogP contribution in [0.15, 0.2) is 30.3 Å². The maximum absolute atomic E-state index is 12.5. The number of alkyl halides is 3. The molecule has 0 radical (unpaired) electrons. The van der Waals surface area contributed by atoms with Crippen molar-refractivity contribution in [1.29, 1.82) is 0 Å². The summed E-state index contributed by atoms with van der Waals surface area (Å²) in [5.74, 6) is -1.54. The van der Waals surface area contributed by atoms with Crippen molar-refractivity contribution in [2.75, 3.05) is 19.6 Å². The summed E-state index contributed by atoms with van der Waals surface area (Å²) < 4.78 is 37.6. The van der Waals surface area contributed by atoms with Crippen molar-refractivity contribution in [3.63, 3.8) is 0 Å². The van der Waals surface area contributed by atoms with Gasteiger partial charge in [0.15, 0.2) is 0 Å². The zero-order chi connectivity index (χ0) is 15.0. The molecule has 1 aromatic carbocycles. The number of likely N-dealkylation sites (tertiary alicyclic amines) is 2. The van der Waals surface area contributed by atoms with Gasteiger partial charge in [-0.05, 0) is 17.9 Å². The van der Waals surface area contributed by atoms with Gasteiger partial charge in [0.05, 0.1) is 0 Å². The summed E-state index contributed by atoms with van der Waals surface area (Å²) in [5.41, 5.74) is 1.15. The second kappa shape index (κ2) is 5.33. The third kappa shape index (κ3) is 3.05. The molecular weight excluding hydrogens is 281 g/mol. The lowest BCUT2D eigenvalue weighted by Crippen LogP contribution is -2.49. The van der Waals surface area contributed by atoms with Gasteiger partial charge < -0.3 is 4.90 Å². The Bertz CT molecular complexity index is 517. The van der Waals surface area contributed by atoms with Crippen LogP contribution in [0.5, 0.6) is 0 Å². The van der Waals surface area contributed by atoms with E-state index in [1.807, 2.05) is 30.3 Å². The van der Waals surface area contributed by atoms with E-state index in [1.54, 1.807) is 0 Å². The van der Waals surface area contributed by atoms with Crippen LogP contribution in [0, 0.1) is 5.92 Å². The average Bonchev–Trinajstić information content (AvgIpc) is 2.72. The molecule has 0 aromatic heterocycles. The molecule has 1 amide bonds. The number of hydrogen-bond donors (Lipinski definition) is 0. The van der Waals surface area contributed by atoms with Gasteiger partial charge in [-0.25, -0.2) is 0 Å². The molecular formula is C15H17F3N2O. The van der Waals surface area contributed by atoms with E-state index in [0.29, 0.717) is 0 Å². The van der Waals surface area contributed by atoms with E-state index < -0.39 is 12.1 Å². The molecule has 3 nitrogen and oxygen atoms in total. The monoisotopic (exact) mass is 298 g/mol. The fraction of sp³-hybridized carbons (Fsp3) is 0.533. The van der Waals surface area contributed by atoms with Crippen LogP contribution in [0.1, 0.15) is 12.0 Å². The van der Waals surface area contributed by atoms with Crippen molar-refractivity contribution in [2.45, 2.75) is 25.2 Å². The molecule has 0 N–H and O–H groups in total. The first-order valence-electron chi connectivity index (χ1n) is 7.07. The number of carbonyl (C=O) groups is 1. The van der Waals surface area contributed by atoms with E-state index >= 15 is 0 Å². The van der Waals surface area contributed by atoms with Crippen molar-refractivity contribution >= 4 is 5.91 Å². The Labute approximate surface area is 121 Å². The predicted octanol–water partition coefficient (Wildman–Crippen LogP) is 2.28. The molecule has 21 heavy (non-hydrogen) atoms. The van der Waals surface area contributed by atoms with Gasteiger partial charge in [-0.15, -0.1) is 0 Å². The first kappa shape index (κ1) is 14.4. The van der Waals surface area contributed by atoms with Crippen molar-refractivity contribution in [2.24, 2.45) is 5.92 Å². The highest BCUT2D eigenvalue weighted by Crippen LogP contribution is 2.32. The molecule has 2 aliphatic rings. The van der Waals surface area contributed by atoms with Crippen LogP contribution in [-0.4, -0.2) is 47.6 Å². The summed E-state index contributed by atoms with van der Waals surface area (Å²) >= 11 is 0. The fourth-order valence-electron chi connectivity index (χ4n) is 3.41. The Morgan fingerprint density at radius 1 is 1.14 bits per heavy atom. The maximum Gasteiger partial charge on any atom is 0.471 e. The zero-order valence-corrected chi connectivity index (χ0v) is 11.5. The largest absolute Gasteiger partial charge is 0.471 e. The van der Waals surface area contributed by atoms with E-state index in [4.69, 9.17) is 0 Å². The molecule has 2 aliphatic heterocycles. The fourth-order valence-corrected chi connectivity index (χ4v) is 3.41. The number of hydrogen-bond acceptors (Lipinski definition) is 2. The standard InChI is InChI=1S/C15H17F3N2O/c16-15(17,18)14(21)20-9-12-6-13(10-20)19(8-12)7-11-4-2-1-3-5-11/h1-5,12-13H,6-10H2/t12-,13-/m1/s1. The molecule has 2 fully saturated rings. The number of benzene rings is 1. The Morgan fingerprint density at radius 3 is 2.52 bits per heavy atom. The molecule has 6 heteroatoms. The Balaban J connectivity index is 1.67. The third-order valence-corrected chi connectivity index (χ3v) is 4.28. The first-order chi connectivity index (χ1) is 9.93. The molecule has 0 aliphatic carbocycles. The SMILES string of the molecule is O=C(N1C[C@@H]2C[C@H](C1)N(Cc1ccccc1)C2)C(F)(F)F. The minimum absolute atomic E-state index is 0.0373. The van der Waals surface area contributed by atoms with Gasteiger partial charge in [0.25, 0.3) is 0 Å². The van der Waals surface area contributed by atoms with Crippen LogP contribution in [0.2, 0.25) is 0 Å². The number of nitrogens with zero attached hydrogens (tertiary/aromatic N) is 2. The summed E-state index contributed by atoms with van der Waals surface area (Å²) in [6.07, 6.45) is -3.88. The highest BCUT2D eigenvalue weighted by Gasteiger charge is 2.47. The Hall–Kier alpha value is -1.56. The van der Waals surface area contributed by atoms with E-state index in [-0.39, 0.29) is 25.0 Å². The average molecular weight is 298 g/mol. The topological polar surface area (TPSA) is 23.6 Å². The van der Waals surface area contributed by atoms with Crippen molar-refractivity contribution in [3.8, 4) is 0 Å². The van der Waals surface area contributed by atoms with Crippen LogP contribution >= 0.6 is 0 Å². The van der Waals surface area contributed by atoms with Crippen LogP contribution in [-0.2, 0) is 11.3 Å². The van der Waals surface area contributed by atoms with Gasteiger partial charge in [-0.3, -0.25) is 9.69 Å². The molecule has 2 heterocycles. The molecule has 1 aromatic rings. The number of fused-ring (bicyclic) bond motifs is 2. The van der Waals surface area contributed by atoms with Gasteiger partial charge >= 0.3 is 12.1 Å². The van der Waals surface area contributed by atoms with Crippen LogP contribution in [0.4, 0.5) is 13.2 Å².